The van der Waals surface area contributed by atoms with Gasteiger partial charge in [0, 0.05) is 5.92 Å². The van der Waals surface area contributed by atoms with Crippen molar-refractivity contribution < 1.29 is 14.3 Å². The number of piperidine rings is 1. The van der Waals surface area contributed by atoms with E-state index >= 15 is 0 Å². The van der Waals surface area contributed by atoms with Crippen molar-refractivity contribution in [2.75, 3.05) is 25.0 Å². The maximum Gasteiger partial charge on any atom is 0.340 e. The maximum absolute atomic E-state index is 13.5. The Morgan fingerprint density at radius 2 is 1.85 bits per heavy atom. The Hall–Kier alpha value is -3.16. The largest absolute Gasteiger partial charge is 0.462 e. The van der Waals surface area contributed by atoms with Crippen LogP contribution in [0.25, 0.3) is 5.69 Å². The van der Waals surface area contributed by atoms with Crippen molar-refractivity contribution in [3.8, 4) is 5.69 Å². The second-order valence-electron chi connectivity index (χ2n) is 8.39. The van der Waals surface area contributed by atoms with Crippen LogP contribution in [-0.2, 0) is 4.74 Å². The van der Waals surface area contributed by atoms with Gasteiger partial charge in [0.15, 0.2) is 0 Å². The molecule has 3 aromatic rings. The van der Waals surface area contributed by atoms with Crippen LogP contribution < -0.4 is 10.6 Å². The molecule has 0 atom stereocenters. The fraction of sp³-hybridized carbons (Fsp3) is 0.346. The van der Waals surface area contributed by atoms with E-state index in [1.54, 1.807) is 37.4 Å². The number of nitrogens with zero attached hydrogens (tertiary/aromatic N) is 2. The lowest BCUT2D eigenvalue weighted by Gasteiger charge is -2.25. The van der Waals surface area contributed by atoms with Crippen molar-refractivity contribution in [1.29, 1.82) is 0 Å². The summed E-state index contributed by atoms with van der Waals surface area (Å²) in [6.07, 6.45) is 3.49. The first-order chi connectivity index (χ1) is 16.0. The molecule has 8 heteroatoms. The molecule has 0 spiro atoms. The van der Waals surface area contributed by atoms with Gasteiger partial charge in [-0.3, -0.25) is 4.79 Å². The van der Waals surface area contributed by atoms with Crippen molar-refractivity contribution in [2.24, 2.45) is 0 Å². The van der Waals surface area contributed by atoms with Crippen LogP contribution >= 0.6 is 12.4 Å². The van der Waals surface area contributed by atoms with Crippen LogP contribution in [0, 0.1) is 13.8 Å². The molecule has 1 saturated heterocycles. The van der Waals surface area contributed by atoms with Crippen LogP contribution in [0.2, 0.25) is 0 Å². The van der Waals surface area contributed by atoms with Crippen LogP contribution in [0.5, 0.6) is 0 Å². The summed E-state index contributed by atoms with van der Waals surface area (Å²) in [4.78, 5) is 25.8. The van der Waals surface area contributed by atoms with Gasteiger partial charge in [-0.05, 0) is 70.5 Å². The molecule has 180 valence electrons. The van der Waals surface area contributed by atoms with E-state index in [1.807, 2.05) is 4.68 Å². The molecule has 34 heavy (non-hydrogen) atoms. The molecule has 0 aliphatic carbocycles. The molecular formula is C26H31ClN4O3. The van der Waals surface area contributed by atoms with Crippen LogP contribution in [-0.4, -0.2) is 41.4 Å². The summed E-state index contributed by atoms with van der Waals surface area (Å²) in [5.41, 5.74) is 5.46. The SMILES string of the molecule is CCOC(=O)c1ccccc1NC(=O)c1cnn(-c2ccc(C)cc2C)c1C1CCNCC1.Cl. The predicted molar refractivity (Wildman–Crippen MR) is 135 cm³/mol. The van der Waals surface area contributed by atoms with Crippen molar-refractivity contribution in [2.45, 2.75) is 39.5 Å². The zero-order valence-corrected chi connectivity index (χ0v) is 20.6. The van der Waals surface area contributed by atoms with E-state index in [0.29, 0.717) is 16.8 Å². The van der Waals surface area contributed by atoms with Crippen LogP contribution in [0.4, 0.5) is 5.69 Å². The number of hydrogen-bond acceptors (Lipinski definition) is 5. The van der Waals surface area contributed by atoms with Gasteiger partial charge in [0.1, 0.15) is 0 Å². The zero-order valence-electron chi connectivity index (χ0n) is 19.8. The van der Waals surface area contributed by atoms with Crippen molar-refractivity contribution in [3.63, 3.8) is 0 Å². The van der Waals surface area contributed by atoms with E-state index in [9.17, 15) is 9.59 Å². The minimum atomic E-state index is -0.460. The van der Waals surface area contributed by atoms with Gasteiger partial charge in [0.25, 0.3) is 5.91 Å². The summed E-state index contributed by atoms with van der Waals surface area (Å²) >= 11 is 0. The number of amides is 1. The molecule has 0 radical (unpaired) electrons. The lowest BCUT2D eigenvalue weighted by molar-refractivity contribution is 0.0527. The van der Waals surface area contributed by atoms with Crippen molar-refractivity contribution >= 4 is 30.0 Å². The number of anilines is 1. The highest BCUT2D eigenvalue weighted by Gasteiger charge is 2.28. The quantitative estimate of drug-likeness (QED) is 0.492. The zero-order chi connectivity index (χ0) is 23.4. The van der Waals surface area contributed by atoms with Crippen molar-refractivity contribution in [1.82, 2.24) is 15.1 Å². The molecule has 0 unspecified atom stereocenters. The van der Waals surface area contributed by atoms with E-state index in [1.165, 1.54) is 5.56 Å². The summed E-state index contributed by atoms with van der Waals surface area (Å²) in [5.74, 6) is -0.537. The number of carbonyl (C=O) groups excluding carboxylic acids is 2. The van der Waals surface area contributed by atoms with Crippen molar-refractivity contribution in [3.05, 3.63) is 76.6 Å². The second kappa shape index (κ2) is 11.3. The van der Waals surface area contributed by atoms with Crippen LogP contribution in [0.1, 0.15) is 63.2 Å². The normalized spacial score (nSPS) is 13.7. The smallest absolute Gasteiger partial charge is 0.340 e. The van der Waals surface area contributed by atoms with Gasteiger partial charge in [0.05, 0.1) is 41.0 Å². The fourth-order valence-corrected chi connectivity index (χ4v) is 4.42. The van der Waals surface area contributed by atoms with Gasteiger partial charge in [-0.25, -0.2) is 9.48 Å². The molecule has 2 N–H and O–H groups in total. The molecule has 7 nitrogen and oxygen atoms in total. The highest BCUT2D eigenvalue weighted by molar-refractivity contribution is 6.08. The van der Waals surface area contributed by atoms with Gasteiger partial charge in [-0.15, -0.1) is 12.4 Å². The number of benzene rings is 2. The Labute approximate surface area is 206 Å². The molecular weight excluding hydrogens is 452 g/mol. The molecule has 1 aliphatic rings. The van der Waals surface area contributed by atoms with Crippen LogP contribution in [0.15, 0.2) is 48.7 Å². The summed E-state index contributed by atoms with van der Waals surface area (Å²) in [6.45, 7) is 7.94. The molecule has 4 rings (SSSR count). The summed E-state index contributed by atoms with van der Waals surface area (Å²) < 4.78 is 7.06. The molecule has 2 heterocycles. The Kier molecular flexibility index (Phi) is 8.47. The second-order valence-corrected chi connectivity index (χ2v) is 8.39. The fourth-order valence-electron chi connectivity index (χ4n) is 4.42. The average molecular weight is 483 g/mol. The van der Waals surface area contributed by atoms with E-state index in [2.05, 4.69) is 47.8 Å². The Morgan fingerprint density at radius 3 is 2.56 bits per heavy atom. The number of aryl methyl sites for hydroxylation is 2. The van der Waals surface area contributed by atoms with Gasteiger partial charge < -0.3 is 15.4 Å². The van der Waals surface area contributed by atoms with E-state index in [4.69, 9.17) is 4.74 Å². The molecule has 1 amide bonds. The first-order valence-corrected chi connectivity index (χ1v) is 11.4. The number of aromatic nitrogens is 2. The van der Waals surface area contributed by atoms with Gasteiger partial charge in [-0.2, -0.15) is 5.10 Å². The Morgan fingerprint density at radius 1 is 1.12 bits per heavy atom. The first-order valence-electron chi connectivity index (χ1n) is 11.4. The third-order valence-corrected chi connectivity index (χ3v) is 6.03. The van der Waals surface area contributed by atoms with Gasteiger partial charge in [0.2, 0.25) is 0 Å². The number of halogens is 1. The number of para-hydroxylation sites is 1. The first kappa shape index (κ1) is 25.5. The van der Waals surface area contributed by atoms with Gasteiger partial charge >= 0.3 is 5.97 Å². The molecule has 1 fully saturated rings. The number of hydrogen-bond donors (Lipinski definition) is 2. The number of nitrogens with one attached hydrogen (secondary N) is 2. The number of ether oxygens (including phenoxy) is 1. The Balaban J connectivity index is 0.00000324. The average Bonchev–Trinajstić information content (AvgIpc) is 3.25. The molecule has 1 aliphatic heterocycles. The highest BCUT2D eigenvalue weighted by Crippen LogP contribution is 2.32. The number of esters is 1. The predicted octanol–water partition coefficient (Wildman–Crippen LogP) is 4.81. The monoisotopic (exact) mass is 482 g/mol. The summed E-state index contributed by atoms with van der Waals surface area (Å²) in [6, 6.07) is 13.1. The summed E-state index contributed by atoms with van der Waals surface area (Å²) in [7, 11) is 0. The highest BCUT2D eigenvalue weighted by atomic mass is 35.5. The molecule has 0 saturated carbocycles. The van der Waals surface area contributed by atoms with E-state index in [-0.39, 0.29) is 30.8 Å². The lowest BCUT2D eigenvalue weighted by Crippen LogP contribution is -2.29. The molecule has 0 bridgehead atoms. The lowest BCUT2D eigenvalue weighted by atomic mass is 9.91. The standard InChI is InChI=1S/C26H30N4O3.ClH/c1-4-33-26(32)20-7-5-6-8-22(20)29-25(31)21-16-28-30(23-10-9-17(2)15-18(23)3)24(21)19-11-13-27-14-12-19;/h5-10,15-16,19,27H,4,11-14H2,1-3H3,(H,29,31);1H. The number of carbonyl (C=O) groups is 2. The minimum Gasteiger partial charge on any atom is -0.462 e. The topological polar surface area (TPSA) is 85.2 Å². The minimum absolute atomic E-state index is 0. The third-order valence-electron chi connectivity index (χ3n) is 6.03. The van der Waals surface area contributed by atoms with Crippen LogP contribution in [0.3, 0.4) is 0 Å². The van der Waals surface area contributed by atoms with E-state index in [0.717, 1.165) is 42.9 Å². The maximum atomic E-state index is 13.5. The van der Waals surface area contributed by atoms with Gasteiger partial charge in [-0.1, -0.05) is 29.8 Å². The molecule has 2 aromatic carbocycles. The summed E-state index contributed by atoms with van der Waals surface area (Å²) in [5, 5.41) is 11.0. The third kappa shape index (κ3) is 5.32. The molecule has 1 aromatic heterocycles. The number of rotatable bonds is 6. The van der Waals surface area contributed by atoms with E-state index < -0.39 is 5.97 Å². The Bertz CT molecular complexity index is 1170.